The Balaban J connectivity index is 2.81. The maximum atomic E-state index is 12.4. The normalized spacial score (nSPS) is 12.2. The van der Waals surface area contributed by atoms with Crippen molar-refractivity contribution in [2.24, 2.45) is 7.05 Å². The van der Waals surface area contributed by atoms with E-state index in [0.717, 1.165) is 44.3 Å². The molecule has 1 aromatic rings. The summed E-state index contributed by atoms with van der Waals surface area (Å²) >= 11 is 1.40. The maximum Gasteiger partial charge on any atom is 0.254 e. The van der Waals surface area contributed by atoms with E-state index in [-0.39, 0.29) is 16.7 Å². The summed E-state index contributed by atoms with van der Waals surface area (Å²) in [5.74, 6) is 0.0455. The van der Waals surface area contributed by atoms with Crippen LogP contribution in [0.3, 0.4) is 0 Å². The molecule has 1 N–H and O–H groups in total. The first-order chi connectivity index (χ1) is 11.0. The van der Waals surface area contributed by atoms with Crippen LogP contribution in [0, 0.1) is 0 Å². The minimum Gasteiger partial charge on any atom is -0.355 e. The highest BCUT2D eigenvalue weighted by molar-refractivity contribution is 8.00. The third kappa shape index (κ3) is 6.37. The number of hydrogen-bond acceptors (Lipinski definition) is 4. The number of amides is 1. The fraction of sp³-hybridized carbons (Fsp3) is 0.706. The summed E-state index contributed by atoms with van der Waals surface area (Å²) in [6, 6.07) is 1.56. The summed E-state index contributed by atoms with van der Waals surface area (Å²) < 4.78 is 1.52. The minimum absolute atomic E-state index is 0.0455. The Bertz CT molecular complexity index is 557. The van der Waals surface area contributed by atoms with E-state index in [0.29, 0.717) is 11.6 Å². The van der Waals surface area contributed by atoms with Crippen molar-refractivity contribution >= 4 is 17.7 Å². The Hall–Kier alpha value is -1.30. The molecule has 0 bridgehead atoms. The lowest BCUT2D eigenvalue weighted by Crippen LogP contribution is -2.34. The Labute approximate surface area is 143 Å². The van der Waals surface area contributed by atoms with Gasteiger partial charge in [0.2, 0.25) is 5.91 Å². The van der Waals surface area contributed by atoms with Crippen molar-refractivity contribution in [3.8, 4) is 0 Å². The van der Waals surface area contributed by atoms with Crippen LogP contribution >= 0.6 is 11.8 Å². The second-order valence-corrected chi connectivity index (χ2v) is 6.84. The number of nitrogens with zero attached hydrogens (tertiary/aromatic N) is 2. The number of hydrogen-bond donors (Lipinski definition) is 1. The van der Waals surface area contributed by atoms with Crippen LogP contribution in [-0.2, 0) is 18.3 Å². The second kappa shape index (κ2) is 10.5. The van der Waals surface area contributed by atoms with E-state index in [1.807, 2.05) is 6.92 Å². The topological polar surface area (TPSA) is 64.0 Å². The Kier molecular flexibility index (Phi) is 8.99. The number of rotatable bonds is 10. The van der Waals surface area contributed by atoms with Gasteiger partial charge in [-0.15, -0.1) is 0 Å². The zero-order valence-electron chi connectivity index (χ0n) is 14.7. The van der Waals surface area contributed by atoms with Crippen LogP contribution in [0.4, 0.5) is 0 Å². The summed E-state index contributed by atoms with van der Waals surface area (Å²) in [6.45, 7) is 6.90. The van der Waals surface area contributed by atoms with Crippen molar-refractivity contribution in [1.82, 2.24) is 14.9 Å². The molecule has 23 heavy (non-hydrogen) atoms. The van der Waals surface area contributed by atoms with E-state index in [2.05, 4.69) is 24.1 Å². The van der Waals surface area contributed by atoms with Crippen LogP contribution in [0.15, 0.2) is 16.0 Å². The molecule has 1 heterocycles. The molecule has 130 valence electrons. The van der Waals surface area contributed by atoms with E-state index in [1.54, 1.807) is 13.1 Å². The summed E-state index contributed by atoms with van der Waals surface area (Å²) in [5, 5.41) is 3.43. The molecule has 1 rings (SSSR count). The van der Waals surface area contributed by atoms with Gasteiger partial charge >= 0.3 is 0 Å². The van der Waals surface area contributed by atoms with Gasteiger partial charge in [0.1, 0.15) is 0 Å². The molecule has 0 fully saturated rings. The number of thioether (sulfide) groups is 1. The van der Waals surface area contributed by atoms with Gasteiger partial charge in [-0.25, -0.2) is 4.98 Å². The van der Waals surface area contributed by atoms with E-state index in [1.165, 1.54) is 16.3 Å². The first-order valence-electron chi connectivity index (χ1n) is 8.54. The largest absolute Gasteiger partial charge is 0.355 e. The Morgan fingerprint density at radius 1 is 1.30 bits per heavy atom. The minimum atomic E-state index is -0.202. The highest BCUT2D eigenvalue weighted by Gasteiger charge is 2.21. The molecule has 0 aliphatic rings. The molecule has 0 aliphatic carbocycles. The van der Waals surface area contributed by atoms with Crippen LogP contribution in [0.2, 0.25) is 0 Å². The molecule has 0 aromatic carbocycles. The summed E-state index contributed by atoms with van der Waals surface area (Å²) in [5.41, 5.74) is 0.701. The van der Waals surface area contributed by atoms with Crippen molar-refractivity contribution in [3.05, 3.63) is 22.1 Å². The SMILES string of the molecule is CCCCCNC(=O)C(CCC)Sc1nc(CC)cc(=O)n1C. The third-order valence-corrected chi connectivity index (χ3v) is 4.99. The molecule has 0 saturated carbocycles. The lowest BCUT2D eigenvalue weighted by atomic mass is 10.2. The van der Waals surface area contributed by atoms with Crippen molar-refractivity contribution in [2.75, 3.05) is 6.54 Å². The molecular formula is C17H29N3O2S. The van der Waals surface area contributed by atoms with Gasteiger partial charge in [-0.2, -0.15) is 0 Å². The number of aromatic nitrogens is 2. The molecular weight excluding hydrogens is 310 g/mol. The fourth-order valence-corrected chi connectivity index (χ4v) is 3.40. The number of carbonyl (C=O) groups is 1. The van der Waals surface area contributed by atoms with Crippen LogP contribution < -0.4 is 10.9 Å². The lowest BCUT2D eigenvalue weighted by molar-refractivity contribution is -0.120. The van der Waals surface area contributed by atoms with E-state index in [9.17, 15) is 9.59 Å². The standard InChI is InChI=1S/C17H29N3O2S/c1-5-8-9-11-18-16(22)14(10-6-2)23-17-19-13(7-3)12-15(21)20(17)4/h12,14H,5-11H2,1-4H3,(H,18,22). The van der Waals surface area contributed by atoms with E-state index < -0.39 is 0 Å². The summed E-state index contributed by atoms with van der Waals surface area (Å²) in [4.78, 5) is 28.9. The van der Waals surface area contributed by atoms with E-state index >= 15 is 0 Å². The molecule has 0 spiro atoms. The molecule has 1 amide bonds. The van der Waals surface area contributed by atoms with Gasteiger partial charge in [0.05, 0.1) is 5.25 Å². The molecule has 1 unspecified atom stereocenters. The number of carbonyl (C=O) groups excluding carboxylic acids is 1. The molecule has 0 saturated heterocycles. The van der Waals surface area contributed by atoms with Crippen LogP contribution in [-0.4, -0.2) is 27.3 Å². The van der Waals surface area contributed by atoms with Crippen molar-refractivity contribution < 1.29 is 4.79 Å². The zero-order chi connectivity index (χ0) is 17.2. The molecule has 1 aromatic heterocycles. The molecule has 0 radical (unpaired) electrons. The highest BCUT2D eigenvalue weighted by atomic mass is 32.2. The number of aryl methyl sites for hydroxylation is 1. The second-order valence-electron chi connectivity index (χ2n) is 5.67. The third-order valence-electron chi connectivity index (χ3n) is 3.68. The van der Waals surface area contributed by atoms with Crippen LogP contribution in [0.25, 0.3) is 0 Å². The van der Waals surface area contributed by atoms with E-state index in [4.69, 9.17) is 0 Å². The van der Waals surface area contributed by atoms with Crippen molar-refractivity contribution in [2.45, 2.75) is 69.7 Å². The summed E-state index contributed by atoms with van der Waals surface area (Å²) in [7, 11) is 1.71. The van der Waals surface area contributed by atoms with Gasteiger partial charge < -0.3 is 5.32 Å². The van der Waals surface area contributed by atoms with Crippen molar-refractivity contribution in [1.29, 1.82) is 0 Å². The first kappa shape index (κ1) is 19.7. The average Bonchev–Trinajstić information content (AvgIpc) is 2.54. The smallest absolute Gasteiger partial charge is 0.254 e. The monoisotopic (exact) mass is 339 g/mol. The predicted molar refractivity (Wildman–Crippen MR) is 95.9 cm³/mol. The van der Waals surface area contributed by atoms with Gasteiger partial charge in [0.25, 0.3) is 5.56 Å². The fourth-order valence-electron chi connectivity index (χ4n) is 2.18. The summed E-state index contributed by atoms with van der Waals surface area (Å²) in [6.07, 6.45) is 5.68. The van der Waals surface area contributed by atoms with Gasteiger partial charge in [0.15, 0.2) is 5.16 Å². The quantitative estimate of drug-likeness (QED) is 0.404. The highest BCUT2D eigenvalue weighted by Crippen LogP contribution is 2.24. The van der Waals surface area contributed by atoms with Gasteiger partial charge in [0, 0.05) is 25.4 Å². The number of nitrogens with one attached hydrogen (secondary N) is 1. The lowest BCUT2D eigenvalue weighted by Gasteiger charge is -2.17. The van der Waals surface area contributed by atoms with Crippen LogP contribution in [0.5, 0.6) is 0 Å². The Morgan fingerprint density at radius 3 is 2.65 bits per heavy atom. The average molecular weight is 340 g/mol. The molecule has 5 nitrogen and oxygen atoms in total. The first-order valence-corrected chi connectivity index (χ1v) is 9.42. The van der Waals surface area contributed by atoms with Gasteiger partial charge in [-0.3, -0.25) is 14.2 Å². The van der Waals surface area contributed by atoms with Crippen LogP contribution in [0.1, 0.15) is 58.6 Å². The Morgan fingerprint density at radius 2 is 2.04 bits per heavy atom. The molecule has 6 heteroatoms. The van der Waals surface area contributed by atoms with Crippen molar-refractivity contribution in [3.63, 3.8) is 0 Å². The predicted octanol–water partition coefficient (Wildman–Crippen LogP) is 2.91. The van der Waals surface area contributed by atoms with Gasteiger partial charge in [-0.05, 0) is 19.3 Å². The van der Waals surface area contributed by atoms with Gasteiger partial charge in [-0.1, -0.05) is 51.8 Å². The molecule has 0 aliphatic heterocycles. The molecule has 1 atom stereocenters. The number of unbranched alkanes of at least 4 members (excludes halogenated alkanes) is 2. The maximum absolute atomic E-state index is 12.4. The zero-order valence-corrected chi connectivity index (χ0v) is 15.5.